The average Bonchev–Trinajstić information content (AvgIpc) is 2.65. The Bertz CT molecular complexity index is 1120. The van der Waals surface area contributed by atoms with Gasteiger partial charge in [0.15, 0.2) is 0 Å². The van der Waals surface area contributed by atoms with Crippen molar-refractivity contribution in [2.45, 2.75) is 51.6 Å². The van der Waals surface area contributed by atoms with Gasteiger partial charge in [-0.15, -0.1) is 0 Å². The zero-order valence-electron chi connectivity index (χ0n) is 16.1. The summed E-state index contributed by atoms with van der Waals surface area (Å²) in [6.45, 7) is 3.40. The van der Waals surface area contributed by atoms with E-state index in [0.717, 1.165) is 25.3 Å². The summed E-state index contributed by atoms with van der Waals surface area (Å²) in [4.78, 5) is 21.2. The van der Waals surface area contributed by atoms with Crippen LogP contribution in [0.1, 0.15) is 61.4 Å². The average molecular weight is 402 g/mol. The van der Waals surface area contributed by atoms with Gasteiger partial charge >= 0.3 is 0 Å². The molecule has 2 heterocycles. The van der Waals surface area contributed by atoms with Crippen LogP contribution in [0.15, 0.2) is 35.5 Å². The third kappa shape index (κ3) is 3.36. The van der Waals surface area contributed by atoms with Crippen LogP contribution < -0.4 is 10.9 Å². The van der Waals surface area contributed by atoms with Crippen LogP contribution in [0, 0.1) is 12.7 Å². The summed E-state index contributed by atoms with van der Waals surface area (Å²) in [5, 5.41) is 3.75. The number of aryl methyl sites for hydroxylation is 1. The van der Waals surface area contributed by atoms with Gasteiger partial charge < -0.3 is 9.88 Å². The third-order valence-corrected chi connectivity index (χ3v) is 5.64. The SMILES string of the molecule is Cc1c(=O)n(C2CCC2)cc2c(N[C@H](C)c3cccc(C(F)F)c3F)ncnc12. The summed E-state index contributed by atoms with van der Waals surface area (Å²) in [7, 11) is 0. The van der Waals surface area contributed by atoms with E-state index in [1.807, 2.05) is 0 Å². The first-order valence-corrected chi connectivity index (χ1v) is 9.58. The smallest absolute Gasteiger partial charge is 0.266 e. The van der Waals surface area contributed by atoms with E-state index in [1.54, 1.807) is 24.6 Å². The minimum Gasteiger partial charge on any atom is -0.363 e. The maximum Gasteiger partial charge on any atom is 0.266 e. The van der Waals surface area contributed by atoms with Crippen LogP contribution in [0.4, 0.5) is 19.0 Å². The van der Waals surface area contributed by atoms with Gasteiger partial charge in [-0.2, -0.15) is 0 Å². The van der Waals surface area contributed by atoms with Crippen LogP contribution in [-0.4, -0.2) is 14.5 Å². The number of hydrogen-bond donors (Lipinski definition) is 1. The van der Waals surface area contributed by atoms with E-state index < -0.39 is 23.8 Å². The molecule has 1 atom stereocenters. The molecule has 0 radical (unpaired) electrons. The molecule has 0 aliphatic heterocycles. The van der Waals surface area contributed by atoms with Crippen LogP contribution in [0.3, 0.4) is 0 Å². The summed E-state index contributed by atoms with van der Waals surface area (Å²) < 4.78 is 42.3. The Labute approximate surface area is 165 Å². The molecule has 0 spiro atoms. The number of nitrogens with one attached hydrogen (secondary N) is 1. The van der Waals surface area contributed by atoms with Gasteiger partial charge in [0.25, 0.3) is 12.0 Å². The fourth-order valence-electron chi connectivity index (χ4n) is 3.71. The topological polar surface area (TPSA) is 59.8 Å². The van der Waals surface area contributed by atoms with Gasteiger partial charge in [-0.05, 0) is 33.1 Å². The molecule has 1 aliphatic carbocycles. The highest BCUT2D eigenvalue weighted by atomic mass is 19.3. The second-order valence-electron chi connectivity index (χ2n) is 7.45. The molecule has 152 valence electrons. The minimum atomic E-state index is -2.89. The summed E-state index contributed by atoms with van der Waals surface area (Å²) >= 11 is 0. The minimum absolute atomic E-state index is 0.0735. The van der Waals surface area contributed by atoms with E-state index in [0.29, 0.717) is 22.3 Å². The van der Waals surface area contributed by atoms with E-state index >= 15 is 0 Å². The Morgan fingerprint density at radius 1 is 1.21 bits per heavy atom. The number of hydrogen-bond acceptors (Lipinski definition) is 4. The number of anilines is 1. The second kappa shape index (κ2) is 7.50. The highest BCUT2D eigenvalue weighted by Gasteiger charge is 2.24. The molecule has 5 nitrogen and oxygen atoms in total. The Morgan fingerprint density at radius 3 is 2.59 bits per heavy atom. The van der Waals surface area contributed by atoms with Crippen LogP contribution in [0.5, 0.6) is 0 Å². The predicted molar refractivity (Wildman–Crippen MR) is 105 cm³/mol. The van der Waals surface area contributed by atoms with Crippen molar-refractivity contribution in [2.75, 3.05) is 5.32 Å². The van der Waals surface area contributed by atoms with E-state index in [4.69, 9.17) is 0 Å². The van der Waals surface area contributed by atoms with Crippen molar-refractivity contribution in [3.8, 4) is 0 Å². The highest BCUT2D eigenvalue weighted by Crippen LogP contribution is 2.33. The van der Waals surface area contributed by atoms with Crippen molar-refractivity contribution < 1.29 is 13.2 Å². The fourth-order valence-corrected chi connectivity index (χ4v) is 3.71. The van der Waals surface area contributed by atoms with E-state index in [-0.39, 0.29) is 17.2 Å². The van der Waals surface area contributed by atoms with Gasteiger partial charge in [-0.1, -0.05) is 18.2 Å². The molecule has 29 heavy (non-hydrogen) atoms. The molecule has 4 rings (SSSR count). The molecule has 0 amide bonds. The van der Waals surface area contributed by atoms with Crippen molar-refractivity contribution >= 4 is 16.7 Å². The van der Waals surface area contributed by atoms with Crippen LogP contribution >= 0.6 is 0 Å². The van der Waals surface area contributed by atoms with Crippen molar-refractivity contribution in [3.05, 3.63) is 63.6 Å². The number of benzene rings is 1. The summed E-state index contributed by atoms with van der Waals surface area (Å²) in [6, 6.07) is 3.51. The zero-order valence-corrected chi connectivity index (χ0v) is 16.1. The van der Waals surface area contributed by atoms with Gasteiger partial charge in [0.1, 0.15) is 18.0 Å². The number of nitrogens with zero attached hydrogens (tertiary/aromatic N) is 3. The number of pyridine rings is 1. The molecule has 8 heteroatoms. The molecule has 1 fully saturated rings. The van der Waals surface area contributed by atoms with E-state index in [9.17, 15) is 18.0 Å². The lowest BCUT2D eigenvalue weighted by Gasteiger charge is -2.28. The van der Waals surface area contributed by atoms with Gasteiger partial charge in [-0.25, -0.2) is 23.1 Å². The summed E-state index contributed by atoms with van der Waals surface area (Å²) in [5.74, 6) is -0.496. The lowest BCUT2D eigenvalue weighted by atomic mass is 9.92. The van der Waals surface area contributed by atoms with Gasteiger partial charge in [0, 0.05) is 23.4 Å². The maximum absolute atomic E-state index is 14.5. The predicted octanol–water partition coefficient (Wildman–Crippen LogP) is 5.07. The quantitative estimate of drug-likeness (QED) is 0.647. The number of alkyl halides is 2. The standard InChI is InChI=1S/C21H21F3N4O/c1-11-18-16(9-28(21(11)29)13-5-3-6-13)20(26-10-25-18)27-12(2)14-7-4-8-15(17(14)22)19(23)24/h4,7-10,12-13,19H,3,5-6H2,1-2H3,(H,25,26,27)/t12-/m1/s1. The molecule has 3 aromatic rings. The number of fused-ring (bicyclic) bond motifs is 1. The van der Waals surface area contributed by atoms with E-state index in [2.05, 4.69) is 15.3 Å². The lowest BCUT2D eigenvalue weighted by molar-refractivity contribution is 0.146. The second-order valence-corrected chi connectivity index (χ2v) is 7.45. The van der Waals surface area contributed by atoms with Crippen molar-refractivity contribution in [1.82, 2.24) is 14.5 Å². The molecule has 0 unspecified atom stereocenters. The first-order chi connectivity index (χ1) is 13.9. The van der Waals surface area contributed by atoms with Gasteiger partial charge in [0.05, 0.1) is 22.5 Å². The Hall–Kier alpha value is -2.90. The Kier molecular flexibility index (Phi) is 5.02. The molecular weight excluding hydrogens is 381 g/mol. The van der Waals surface area contributed by atoms with Crippen molar-refractivity contribution in [3.63, 3.8) is 0 Å². The molecule has 0 bridgehead atoms. The molecule has 1 aromatic carbocycles. The molecular formula is C21H21F3N4O. The van der Waals surface area contributed by atoms with Crippen LogP contribution in [-0.2, 0) is 0 Å². The van der Waals surface area contributed by atoms with Gasteiger partial charge in [-0.3, -0.25) is 4.79 Å². The third-order valence-electron chi connectivity index (χ3n) is 5.64. The molecule has 1 aliphatic rings. The van der Waals surface area contributed by atoms with Crippen LogP contribution in [0.25, 0.3) is 10.9 Å². The van der Waals surface area contributed by atoms with E-state index in [1.165, 1.54) is 18.5 Å². The first-order valence-electron chi connectivity index (χ1n) is 9.58. The normalized spacial score (nSPS) is 15.5. The summed E-state index contributed by atoms with van der Waals surface area (Å²) in [5.41, 5.74) is 0.475. The van der Waals surface area contributed by atoms with Crippen LogP contribution in [0.2, 0.25) is 0 Å². The molecule has 2 aromatic heterocycles. The Morgan fingerprint density at radius 2 is 1.93 bits per heavy atom. The Balaban J connectivity index is 1.76. The summed E-state index contributed by atoms with van der Waals surface area (Å²) in [6.07, 6.45) is 3.18. The molecule has 1 saturated carbocycles. The lowest BCUT2D eigenvalue weighted by Crippen LogP contribution is -2.30. The fraction of sp³-hybridized carbons (Fsp3) is 0.381. The maximum atomic E-state index is 14.5. The largest absolute Gasteiger partial charge is 0.363 e. The number of halogens is 3. The highest BCUT2D eigenvalue weighted by molar-refractivity contribution is 5.90. The number of rotatable bonds is 5. The monoisotopic (exact) mass is 402 g/mol. The molecule has 0 saturated heterocycles. The number of aromatic nitrogens is 3. The molecule has 1 N–H and O–H groups in total. The van der Waals surface area contributed by atoms with Gasteiger partial charge in [0.2, 0.25) is 0 Å². The van der Waals surface area contributed by atoms with Crippen molar-refractivity contribution in [2.24, 2.45) is 0 Å². The zero-order chi connectivity index (χ0) is 20.7. The van der Waals surface area contributed by atoms with Crippen molar-refractivity contribution in [1.29, 1.82) is 0 Å². The first kappa shape index (κ1) is 19.4.